The summed E-state index contributed by atoms with van der Waals surface area (Å²) in [5.41, 5.74) is 7.34. The van der Waals surface area contributed by atoms with Crippen molar-refractivity contribution < 1.29 is 8.91 Å². The molecule has 1 aromatic heterocycles. The Morgan fingerprint density at radius 2 is 2.00 bits per heavy atom. The molecule has 0 atom stereocenters. The van der Waals surface area contributed by atoms with Gasteiger partial charge in [-0.3, -0.25) is 0 Å². The molecule has 0 bridgehead atoms. The van der Waals surface area contributed by atoms with Crippen LogP contribution in [0, 0.1) is 18.2 Å². The quantitative estimate of drug-likeness (QED) is 0.912. The summed E-state index contributed by atoms with van der Waals surface area (Å²) in [5.74, 6) is 0.787. The Bertz CT molecular complexity index is 653. The molecule has 0 unspecified atom stereocenters. The minimum Gasteiger partial charge on any atom is -0.339 e. The molecular formula is C17H23ClFN3O. The van der Waals surface area contributed by atoms with E-state index in [2.05, 4.69) is 10.1 Å². The van der Waals surface area contributed by atoms with Crippen molar-refractivity contribution in [2.75, 3.05) is 6.54 Å². The molecule has 0 saturated heterocycles. The van der Waals surface area contributed by atoms with E-state index in [1.54, 1.807) is 13.0 Å². The molecule has 1 saturated carbocycles. The summed E-state index contributed by atoms with van der Waals surface area (Å²) < 4.78 is 19.0. The molecular weight excluding hydrogens is 317 g/mol. The average molecular weight is 340 g/mol. The second kappa shape index (κ2) is 7.41. The van der Waals surface area contributed by atoms with Gasteiger partial charge in [-0.2, -0.15) is 4.98 Å². The van der Waals surface area contributed by atoms with E-state index in [1.165, 1.54) is 25.3 Å². The third kappa shape index (κ3) is 3.90. The van der Waals surface area contributed by atoms with E-state index in [1.807, 2.05) is 6.07 Å². The van der Waals surface area contributed by atoms with Gasteiger partial charge in [0, 0.05) is 12.0 Å². The van der Waals surface area contributed by atoms with Crippen LogP contribution in [-0.2, 0) is 6.42 Å². The number of aryl methyl sites for hydroxylation is 1. The predicted octanol–water partition coefficient (Wildman–Crippen LogP) is 4.06. The maximum Gasteiger partial charge on any atom is 0.227 e. The molecule has 1 aliphatic carbocycles. The first-order valence-corrected chi connectivity index (χ1v) is 7.91. The zero-order chi connectivity index (χ0) is 15.6. The van der Waals surface area contributed by atoms with Crippen molar-refractivity contribution in [1.82, 2.24) is 10.1 Å². The molecule has 0 amide bonds. The summed E-state index contributed by atoms with van der Waals surface area (Å²) in [5, 5.41) is 3.99. The normalized spacial score (nSPS) is 16.8. The van der Waals surface area contributed by atoms with E-state index in [-0.39, 0.29) is 23.6 Å². The summed E-state index contributed by atoms with van der Waals surface area (Å²) in [7, 11) is 0. The van der Waals surface area contributed by atoms with Crippen molar-refractivity contribution in [3.63, 3.8) is 0 Å². The fourth-order valence-corrected chi connectivity index (χ4v) is 3.25. The lowest BCUT2D eigenvalue weighted by Gasteiger charge is -2.34. The van der Waals surface area contributed by atoms with Crippen LogP contribution in [0.1, 0.15) is 43.6 Å². The molecule has 2 N–H and O–H groups in total. The lowest BCUT2D eigenvalue weighted by Crippen LogP contribution is -2.35. The number of nitrogens with zero attached hydrogens (tertiary/aromatic N) is 2. The third-order valence-electron chi connectivity index (χ3n) is 4.77. The van der Waals surface area contributed by atoms with E-state index in [0.29, 0.717) is 35.8 Å². The van der Waals surface area contributed by atoms with Crippen LogP contribution in [0.4, 0.5) is 4.39 Å². The number of benzene rings is 1. The minimum absolute atomic E-state index is 0. The maximum absolute atomic E-state index is 13.7. The van der Waals surface area contributed by atoms with Gasteiger partial charge in [-0.1, -0.05) is 36.6 Å². The highest BCUT2D eigenvalue weighted by Crippen LogP contribution is 2.38. The van der Waals surface area contributed by atoms with Crippen LogP contribution in [0.15, 0.2) is 22.7 Å². The molecule has 0 radical (unpaired) electrons. The summed E-state index contributed by atoms with van der Waals surface area (Å²) in [6.07, 6.45) is 6.63. The number of aromatic nitrogens is 2. The van der Waals surface area contributed by atoms with Gasteiger partial charge in [0.15, 0.2) is 0 Å². The smallest absolute Gasteiger partial charge is 0.227 e. The number of rotatable bonds is 4. The van der Waals surface area contributed by atoms with Gasteiger partial charge < -0.3 is 10.3 Å². The van der Waals surface area contributed by atoms with Gasteiger partial charge in [-0.05, 0) is 43.4 Å². The SMILES string of the molecule is Cc1ccc(-c2noc(CC3(CN)CCCCC3)n2)cc1F.Cl. The van der Waals surface area contributed by atoms with Crippen LogP contribution < -0.4 is 5.73 Å². The van der Waals surface area contributed by atoms with Crippen molar-refractivity contribution in [2.45, 2.75) is 45.4 Å². The van der Waals surface area contributed by atoms with Crippen molar-refractivity contribution in [1.29, 1.82) is 0 Å². The van der Waals surface area contributed by atoms with Crippen LogP contribution in [0.25, 0.3) is 11.4 Å². The molecule has 6 heteroatoms. The first-order chi connectivity index (χ1) is 10.6. The standard InChI is InChI=1S/C17H22FN3O.ClH/c1-12-5-6-13(9-14(12)18)16-20-15(22-21-16)10-17(11-19)7-3-2-4-8-17;/h5-6,9H,2-4,7-8,10-11,19H2,1H3;1H. The highest BCUT2D eigenvalue weighted by atomic mass is 35.5. The second-order valence-corrected chi connectivity index (χ2v) is 6.42. The van der Waals surface area contributed by atoms with Crippen molar-refractivity contribution in [2.24, 2.45) is 11.1 Å². The Hall–Kier alpha value is -1.46. The van der Waals surface area contributed by atoms with Crippen molar-refractivity contribution >= 4 is 12.4 Å². The molecule has 2 aromatic rings. The largest absolute Gasteiger partial charge is 0.339 e. The Labute approximate surface area is 142 Å². The summed E-state index contributed by atoms with van der Waals surface area (Å²) in [4.78, 5) is 4.44. The van der Waals surface area contributed by atoms with Crippen molar-refractivity contribution in [3.8, 4) is 11.4 Å². The summed E-state index contributed by atoms with van der Waals surface area (Å²) in [6.45, 7) is 2.37. The van der Waals surface area contributed by atoms with E-state index in [9.17, 15) is 4.39 Å². The van der Waals surface area contributed by atoms with E-state index in [0.717, 1.165) is 12.8 Å². The first-order valence-electron chi connectivity index (χ1n) is 7.91. The molecule has 1 fully saturated rings. The zero-order valence-electron chi connectivity index (χ0n) is 13.3. The molecule has 23 heavy (non-hydrogen) atoms. The molecule has 1 aliphatic rings. The van der Waals surface area contributed by atoms with Crippen LogP contribution >= 0.6 is 12.4 Å². The number of halogens is 2. The average Bonchev–Trinajstić information content (AvgIpc) is 2.99. The summed E-state index contributed by atoms with van der Waals surface area (Å²) in [6, 6.07) is 4.98. The topological polar surface area (TPSA) is 64.9 Å². The lowest BCUT2D eigenvalue weighted by atomic mass is 9.72. The third-order valence-corrected chi connectivity index (χ3v) is 4.77. The predicted molar refractivity (Wildman–Crippen MR) is 90.0 cm³/mol. The molecule has 4 nitrogen and oxygen atoms in total. The Balaban J connectivity index is 0.00000192. The molecule has 1 aromatic carbocycles. The number of hydrogen-bond acceptors (Lipinski definition) is 4. The van der Waals surface area contributed by atoms with Gasteiger partial charge in [0.2, 0.25) is 11.7 Å². The van der Waals surface area contributed by atoms with E-state index in [4.69, 9.17) is 10.3 Å². The molecule has 126 valence electrons. The fraction of sp³-hybridized carbons (Fsp3) is 0.529. The van der Waals surface area contributed by atoms with Crippen LogP contribution in [0.5, 0.6) is 0 Å². The van der Waals surface area contributed by atoms with Crippen LogP contribution in [0.2, 0.25) is 0 Å². The van der Waals surface area contributed by atoms with Gasteiger partial charge >= 0.3 is 0 Å². The Kier molecular flexibility index (Phi) is 5.76. The second-order valence-electron chi connectivity index (χ2n) is 6.42. The van der Waals surface area contributed by atoms with Crippen LogP contribution in [0.3, 0.4) is 0 Å². The van der Waals surface area contributed by atoms with Crippen LogP contribution in [-0.4, -0.2) is 16.7 Å². The van der Waals surface area contributed by atoms with E-state index >= 15 is 0 Å². The van der Waals surface area contributed by atoms with Gasteiger partial charge in [0.05, 0.1) is 0 Å². The molecule has 0 spiro atoms. The number of nitrogens with two attached hydrogens (primary N) is 1. The molecule has 1 heterocycles. The first kappa shape index (κ1) is 17.9. The Morgan fingerprint density at radius 3 is 2.65 bits per heavy atom. The van der Waals surface area contributed by atoms with Gasteiger partial charge in [0.1, 0.15) is 5.82 Å². The zero-order valence-corrected chi connectivity index (χ0v) is 14.2. The summed E-state index contributed by atoms with van der Waals surface area (Å²) >= 11 is 0. The van der Waals surface area contributed by atoms with Crippen molar-refractivity contribution in [3.05, 3.63) is 35.5 Å². The molecule has 3 rings (SSSR count). The monoisotopic (exact) mass is 339 g/mol. The van der Waals surface area contributed by atoms with E-state index < -0.39 is 0 Å². The highest BCUT2D eigenvalue weighted by molar-refractivity contribution is 5.85. The Morgan fingerprint density at radius 1 is 1.26 bits per heavy atom. The van der Waals surface area contributed by atoms with Gasteiger partial charge in [0.25, 0.3) is 0 Å². The maximum atomic E-state index is 13.7. The van der Waals surface area contributed by atoms with Gasteiger partial charge in [-0.15, -0.1) is 12.4 Å². The fourth-order valence-electron chi connectivity index (χ4n) is 3.25. The highest BCUT2D eigenvalue weighted by Gasteiger charge is 2.33. The minimum atomic E-state index is -0.255. The van der Waals surface area contributed by atoms with Gasteiger partial charge in [-0.25, -0.2) is 4.39 Å². The number of hydrogen-bond donors (Lipinski definition) is 1. The lowest BCUT2D eigenvalue weighted by molar-refractivity contribution is 0.177. The molecule has 0 aliphatic heterocycles.